The summed E-state index contributed by atoms with van der Waals surface area (Å²) in [6, 6.07) is 5.05. The first kappa shape index (κ1) is 14.2. The maximum atomic E-state index is 11.6. The van der Waals surface area contributed by atoms with Gasteiger partial charge in [0, 0.05) is 17.9 Å². The van der Waals surface area contributed by atoms with Gasteiger partial charge in [-0.05, 0) is 18.2 Å². The SMILES string of the molecule is CCC(=O)c1ccc(NC(=O)C(C)C)c(OC)c1. The highest BCUT2D eigenvalue weighted by Crippen LogP contribution is 2.26. The summed E-state index contributed by atoms with van der Waals surface area (Å²) in [7, 11) is 1.51. The summed E-state index contributed by atoms with van der Waals surface area (Å²) in [5.41, 5.74) is 1.18. The second-order valence-corrected chi connectivity index (χ2v) is 4.34. The lowest BCUT2D eigenvalue weighted by molar-refractivity contribution is -0.118. The first-order chi connectivity index (χ1) is 8.49. The quantitative estimate of drug-likeness (QED) is 0.816. The van der Waals surface area contributed by atoms with Gasteiger partial charge in [-0.15, -0.1) is 0 Å². The van der Waals surface area contributed by atoms with Gasteiger partial charge in [-0.3, -0.25) is 9.59 Å². The molecule has 0 fully saturated rings. The topological polar surface area (TPSA) is 55.4 Å². The molecule has 4 heteroatoms. The van der Waals surface area contributed by atoms with Crippen molar-refractivity contribution in [2.45, 2.75) is 27.2 Å². The smallest absolute Gasteiger partial charge is 0.227 e. The number of hydrogen-bond acceptors (Lipinski definition) is 3. The van der Waals surface area contributed by atoms with Crippen LogP contribution in [0.1, 0.15) is 37.6 Å². The lowest BCUT2D eigenvalue weighted by Crippen LogP contribution is -2.18. The van der Waals surface area contributed by atoms with E-state index in [1.54, 1.807) is 18.2 Å². The van der Waals surface area contributed by atoms with Crippen LogP contribution in [0.5, 0.6) is 5.75 Å². The summed E-state index contributed by atoms with van der Waals surface area (Å²) >= 11 is 0. The minimum absolute atomic E-state index is 0.0510. The molecule has 0 aromatic heterocycles. The van der Waals surface area contributed by atoms with E-state index in [1.807, 2.05) is 20.8 Å². The second kappa shape index (κ2) is 6.19. The number of benzene rings is 1. The second-order valence-electron chi connectivity index (χ2n) is 4.34. The first-order valence-corrected chi connectivity index (χ1v) is 6.01. The van der Waals surface area contributed by atoms with Crippen LogP contribution in [-0.2, 0) is 4.79 Å². The van der Waals surface area contributed by atoms with E-state index >= 15 is 0 Å². The third kappa shape index (κ3) is 3.32. The molecule has 0 bridgehead atoms. The van der Waals surface area contributed by atoms with Crippen LogP contribution in [0.3, 0.4) is 0 Å². The van der Waals surface area contributed by atoms with Gasteiger partial charge in [0.15, 0.2) is 5.78 Å². The number of ether oxygens (including phenoxy) is 1. The summed E-state index contributed by atoms with van der Waals surface area (Å²) in [6.45, 7) is 5.44. The Labute approximate surface area is 107 Å². The number of ketones is 1. The van der Waals surface area contributed by atoms with Crippen LogP contribution in [0.2, 0.25) is 0 Å². The van der Waals surface area contributed by atoms with Gasteiger partial charge in [0.05, 0.1) is 12.8 Å². The molecule has 0 saturated heterocycles. The molecule has 0 atom stereocenters. The number of nitrogens with one attached hydrogen (secondary N) is 1. The van der Waals surface area contributed by atoms with Crippen LogP contribution < -0.4 is 10.1 Å². The standard InChI is InChI=1S/C14H19NO3/c1-5-12(16)10-6-7-11(13(8-10)18-4)15-14(17)9(2)3/h6-9H,5H2,1-4H3,(H,15,17). The molecule has 98 valence electrons. The third-order valence-corrected chi connectivity index (χ3v) is 2.63. The lowest BCUT2D eigenvalue weighted by Gasteiger charge is -2.12. The molecule has 1 aromatic carbocycles. The zero-order valence-corrected chi connectivity index (χ0v) is 11.2. The average molecular weight is 249 g/mol. The van der Waals surface area contributed by atoms with Gasteiger partial charge >= 0.3 is 0 Å². The number of carbonyl (C=O) groups is 2. The predicted octanol–water partition coefficient (Wildman–Crippen LogP) is 2.88. The Morgan fingerprint density at radius 3 is 2.50 bits per heavy atom. The van der Waals surface area contributed by atoms with E-state index < -0.39 is 0 Å². The molecular formula is C14H19NO3. The van der Waals surface area contributed by atoms with Crippen LogP contribution in [0.4, 0.5) is 5.69 Å². The number of carbonyl (C=O) groups excluding carboxylic acids is 2. The molecule has 4 nitrogen and oxygen atoms in total. The van der Waals surface area contributed by atoms with Crippen molar-refractivity contribution in [1.82, 2.24) is 0 Å². The Kier molecular flexibility index (Phi) is 4.89. The normalized spacial score (nSPS) is 10.3. The first-order valence-electron chi connectivity index (χ1n) is 6.01. The maximum absolute atomic E-state index is 11.6. The Hall–Kier alpha value is -1.84. The van der Waals surface area contributed by atoms with Crippen LogP contribution in [-0.4, -0.2) is 18.8 Å². The zero-order chi connectivity index (χ0) is 13.7. The number of hydrogen-bond donors (Lipinski definition) is 1. The molecule has 1 N–H and O–H groups in total. The molecule has 18 heavy (non-hydrogen) atoms. The fourth-order valence-electron chi connectivity index (χ4n) is 1.45. The molecule has 1 rings (SSSR count). The minimum atomic E-state index is -0.105. The number of amides is 1. The van der Waals surface area contributed by atoms with Gasteiger partial charge in [0.2, 0.25) is 5.91 Å². The van der Waals surface area contributed by atoms with Crippen molar-refractivity contribution >= 4 is 17.4 Å². The summed E-state index contributed by atoms with van der Waals surface area (Å²) < 4.78 is 5.19. The van der Waals surface area contributed by atoms with Gasteiger partial charge in [0.1, 0.15) is 5.75 Å². The van der Waals surface area contributed by atoms with Gasteiger partial charge in [-0.25, -0.2) is 0 Å². The summed E-state index contributed by atoms with van der Waals surface area (Å²) in [4.78, 5) is 23.2. The van der Waals surface area contributed by atoms with Crippen molar-refractivity contribution < 1.29 is 14.3 Å². The van der Waals surface area contributed by atoms with Crippen molar-refractivity contribution in [3.8, 4) is 5.75 Å². The van der Waals surface area contributed by atoms with Crippen LogP contribution in [0.15, 0.2) is 18.2 Å². The number of rotatable bonds is 5. The van der Waals surface area contributed by atoms with Crippen molar-refractivity contribution in [2.24, 2.45) is 5.92 Å². The largest absolute Gasteiger partial charge is 0.495 e. The molecule has 0 spiro atoms. The monoisotopic (exact) mass is 249 g/mol. The predicted molar refractivity (Wildman–Crippen MR) is 71.1 cm³/mol. The summed E-state index contributed by atoms with van der Waals surface area (Å²) in [5, 5.41) is 2.77. The van der Waals surface area contributed by atoms with Crippen LogP contribution >= 0.6 is 0 Å². The molecule has 0 heterocycles. The number of methoxy groups -OCH3 is 1. The zero-order valence-electron chi connectivity index (χ0n) is 11.2. The summed E-state index contributed by atoms with van der Waals surface area (Å²) in [6.07, 6.45) is 0.445. The number of Topliss-reactive ketones (excluding diaryl/α,β-unsaturated/α-hetero) is 1. The molecular weight excluding hydrogens is 230 g/mol. The minimum Gasteiger partial charge on any atom is -0.495 e. The van der Waals surface area contributed by atoms with Crippen molar-refractivity contribution in [3.63, 3.8) is 0 Å². The average Bonchev–Trinajstić information content (AvgIpc) is 2.37. The van der Waals surface area contributed by atoms with Crippen molar-refractivity contribution in [3.05, 3.63) is 23.8 Å². The Balaban J connectivity index is 3.00. The Bertz CT molecular complexity index is 452. The van der Waals surface area contributed by atoms with E-state index in [-0.39, 0.29) is 17.6 Å². The molecule has 1 aromatic rings. The van der Waals surface area contributed by atoms with Gasteiger partial charge in [-0.1, -0.05) is 20.8 Å². The molecule has 0 aliphatic carbocycles. The van der Waals surface area contributed by atoms with E-state index in [2.05, 4.69) is 5.32 Å². The van der Waals surface area contributed by atoms with Crippen molar-refractivity contribution in [1.29, 1.82) is 0 Å². The van der Waals surface area contributed by atoms with E-state index in [0.29, 0.717) is 23.4 Å². The molecule has 0 unspecified atom stereocenters. The fourth-order valence-corrected chi connectivity index (χ4v) is 1.45. The van der Waals surface area contributed by atoms with Crippen molar-refractivity contribution in [2.75, 3.05) is 12.4 Å². The Morgan fingerprint density at radius 1 is 1.33 bits per heavy atom. The van der Waals surface area contributed by atoms with Crippen LogP contribution in [0.25, 0.3) is 0 Å². The van der Waals surface area contributed by atoms with E-state index in [4.69, 9.17) is 4.74 Å². The van der Waals surface area contributed by atoms with E-state index in [9.17, 15) is 9.59 Å². The van der Waals surface area contributed by atoms with Gasteiger partial charge < -0.3 is 10.1 Å². The highest BCUT2D eigenvalue weighted by Gasteiger charge is 2.12. The summed E-state index contributed by atoms with van der Waals surface area (Å²) in [5.74, 6) is 0.368. The highest BCUT2D eigenvalue weighted by molar-refractivity contribution is 5.98. The maximum Gasteiger partial charge on any atom is 0.227 e. The van der Waals surface area contributed by atoms with Gasteiger partial charge in [0.25, 0.3) is 0 Å². The van der Waals surface area contributed by atoms with E-state index in [0.717, 1.165) is 0 Å². The third-order valence-electron chi connectivity index (χ3n) is 2.63. The highest BCUT2D eigenvalue weighted by atomic mass is 16.5. The Morgan fingerprint density at radius 2 is 2.00 bits per heavy atom. The molecule has 1 amide bonds. The van der Waals surface area contributed by atoms with Gasteiger partial charge in [-0.2, -0.15) is 0 Å². The molecule has 0 aliphatic rings. The molecule has 0 radical (unpaired) electrons. The van der Waals surface area contributed by atoms with E-state index in [1.165, 1.54) is 7.11 Å². The fraction of sp³-hybridized carbons (Fsp3) is 0.429. The number of anilines is 1. The van der Waals surface area contributed by atoms with Crippen LogP contribution in [0, 0.1) is 5.92 Å². The lowest BCUT2D eigenvalue weighted by atomic mass is 10.1. The molecule has 0 saturated carbocycles. The molecule has 0 aliphatic heterocycles.